The van der Waals surface area contributed by atoms with Gasteiger partial charge in [0, 0.05) is 13.6 Å². The lowest BCUT2D eigenvalue weighted by Gasteiger charge is -2.31. The number of carbonyl (C=O) groups excluding carboxylic acids is 2. The van der Waals surface area contributed by atoms with Crippen molar-refractivity contribution in [3.63, 3.8) is 0 Å². The third kappa shape index (κ3) is 5.73. The van der Waals surface area contributed by atoms with Gasteiger partial charge in [-0.1, -0.05) is 42.5 Å². The maximum absolute atomic E-state index is 13.2. The van der Waals surface area contributed by atoms with Gasteiger partial charge in [0.05, 0.1) is 19.1 Å². The fourth-order valence-electron chi connectivity index (χ4n) is 3.00. The van der Waals surface area contributed by atoms with Crippen molar-refractivity contribution < 1.29 is 22.7 Å². The predicted molar refractivity (Wildman–Crippen MR) is 116 cm³/mol. The minimum atomic E-state index is -3.80. The molecule has 2 amide bonds. The summed E-state index contributed by atoms with van der Waals surface area (Å²) in [6.45, 7) is 1.30. The van der Waals surface area contributed by atoms with Gasteiger partial charge in [0.1, 0.15) is 18.3 Å². The van der Waals surface area contributed by atoms with Crippen LogP contribution in [0.3, 0.4) is 0 Å². The SMILES string of the molecule is CNC(=O)C(C)N(Cc1ccccc1)C(=O)CN(c1ccccc1OC)S(C)(=O)=O. The number of benzene rings is 2. The summed E-state index contributed by atoms with van der Waals surface area (Å²) < 4.78 is 31.2. The average molecular weight is 434 g/mol. The number of rotatable bonds is 9. The highest BCUT2D eigenvalue weighted by atomic mass is 32.2. The molecule has 0 aliphatic carbocycles. The minimum Gasteiger partial charge on any atom is -0.495 e. The molecule has 0 aliphatic heterocycles. The van der Waals surface area contributed by atoms with E-state index in [1.54, 1.807) is 31.2 Å². The van der Waals surface area contributed by atoms with Crippen molar-refractivity contribution in [2.45, 2.75) is 19.5 Å². The van der Waals surface area contributed by atoms with E-state index in [0.29, 0.717) is 5.75 Å². The molecule has 1 atom stereocenters. The molecule has 0 aliphatic rings. The van der Waals surface area contributed by atoms with Gasteiger partial charge in [-0.2, -0.15) is 0 Å². The number of amides is 2. The number of nitrogens with one attached hydrogen (secondary N) is 1. The molecular weight excluding hydrogens is 406 g/mol. The summed E-state index contributed by atoms with van der Waals surface area (Å²) in [6, 6.07) is 15.0. The Morgan fingerprint density at radius 1 is 1.07 bits per heavy atom. The Hall–Kier alpha value is -3.07. The second kappa shape index (κ2) is 10.1. The summed E-state index contributed by atoms with van der Waals surface area (Å²) in [7, 11) is -0.883. The first kappa shape index (κ1) is 23.2. The van der Waals surface area contributed by atoms with Gasteiger partial charge in [-0.3, -0.25) is 13.9 Å². The summed E-state index contributed by atoms with van der Waals surface area (Å²) in [5.74, 6) is -0.529. The average Bonchev–Trinajstić information content (AvgIpc) is 2.74. The Morgan fingerprint density at radius 3 is 2.23 bits per heavy atom. The molecule has 0 radical (unpaired) electrons. The summed E-state index contributed by atoms with van der Waals surface area (Å²) >= 11 is 0. The Labute approximate surface area is 177 Å². The van der Waals surface area contributed by atoms with E-state index >= 15 is 0 Å². The van der Waals surface area contributed by atoms with Crippen LogP contribution in [0.5, 0.6) is 5.75 Å². The van der Waals surface area contributed by atoms with Gasteiger partial charge in [0.15, 0.2) is 0 Å². The summed E-state index contributed by atoms with van der Waals surface area (Å²) in [5.41, 5.74) is 1.08. The van der Waals surface area contributed by atoms with Crippen molar-refractivity contribution in [1.29, 1.82) is 0 Å². The highest BCUT2D eigenvalue weighted by Gasteiger charge is 2.30. The fourth-order valence-corrected chi connectivity index (χ4v) is 3.86. The number of carbonyl (C=O) groups is 2. The smallest absolute Gasteiger partial charge is 0.244 e. The van der Waals surface area contributed by atoms with E-state index in [1.165, 1.54) is 19.1 Å². The summed E-state index contributed by atoms with van der Waals surface area (Å²) in [6.07, 6.45) is 1.02. The standard InChI is InChI=1S/C21H27N3O5S/c1-16(21(26)22-2)23(14-17-10-6-5-7-11-17)20(25)15-24(30(4,27)28)18-12-8-9-13-19(18)29-3/h5-13,16H,14-15H2,1-4H3,(H,22,26). The Balaban J connectivity index is 2.40. The number of hydrogen-bond donors (Lipinski definition) is 1. The van der Waals surface area contributed by atoms with Gasteiger partial charge in [-0.25, -0.2) is 8.42 Å². The van der Waals surface area contributed by atoms with Crippen molar-refractivity contribution in [2.24, 2.45) is 0 Å². The van der Waals surface area contributed by atoms with Gasteiger partial charge in [0.25, 0.3) is 0 Å². The zero-order valence-electron chi connectivity index (χ0n) is 17.5. The van der Waals surface area contributed by atoms with Crippen molar-refractivity contribution in [1.82, 2.24) is 10.2 Å². The molecule has 0 spiro atoms. The molecule has 1 unspecified atom stereocenters. The second-order valence-electron chi connectivity index (χ2n) is 6.74. The lowest BCUT2D eigenvalue weighted by Crippen LogP contribution is -2.50. The molecule has 0 aromatic heterocycles. The van der Waals surface area contributed by atoms with Gasteiger partial charge in [0.2, 0.25) is 21.8 Å². The van der Waals surface area contributed by atoms with Crippen LogP contribution in [0.1, 0.15) is 12.5 Å². The molecule has 0 fully saturated rings. The van der Waals surface area contributed by atoms with Crippen LogP contribution in [0.25, 0.3) is 0 Å². The number of methoxy groups -OCH3 is 1. The molecular formula is C21H27N3O5S. The number of nitrogens with zero attached hydrogens (tertiary/aromatic N) is 2. The van der Waals surface area contributed by atoms with Gasteiger partial charge in [-0.15, -0.1) is 0 Å². The maximum Gasteiger partial charge on any atom is 0.244 e. The quantitative estimate of drug-likeness (QED) is 0.648. The minimum absolute atomic E-state index is 0.164. The molecule has 162 valence electrons. The zero-order chi connectivity index (χ0) is 22.3. The van der Waals surface area contributed by atoms with Gasteiger partial charge < -0.3 is 15.0 Å². The van der Waals surface area contributed by atoms with Crippen LogP contribution in [0, 0.1) is 0 Å². The first-order valence-corrected chi connectivity index (χ1v) is 11.2. The predicted octanol–water partition coefficient (Wildman–Crippen LogP) is 1.62. The van der Waals surface area contributed by atoms with Crippen LogP contribution in [0.4, 0.5) is 5.69 Å². The van der Waals surface area contributed by atoms with Crippen LogP contribution in [0.2, 0.25) is 0 Å². The lowest BCUT2D eigenvalue weighted by molar-refractivity contribution is -0.139. The molecule has 2 rings (SSSR count). The van der Waals surface area contributed by atoms with Gasteiger partial charge in [-0.05, 0) is 24.6 Å². The van der Waals surface area contributed by atoms with Crippen LogP contribution < -0.4 is 14.4 Å². The molecule has 0 bridgehead atoms. The number of para-hydroxylation sites is 2. The molecule has 0 saturated carbocycles. The van der Waals surface area contributed by atoms with E-state index in [-0.39, 0.29) is 18.1 Å². The molecule has 0 heterocycles. The molecule has 1 N–H and O–H groups in total. The van der Waals surface area contributed by atoms with E-state index in [4.69, 9.17) is 4.74 Å². The number of hydrogen-bond acceptors (Lipinski definition) is 5. The Bertz CT molecular complexity index is 979. The van der Waals surface area contributed by atoms with E-state index in [0.717, 1.165) is 16.1 Å². The third-order valence-corrected chi connectivity index (χ3v) is 5.77. The highest BCUT2D eigenvalue weighted by molar-refractivity contribution is 7.92. The largest absolute Gasteiger partial charge is 0.495 e. The van der Waals surface area contributed by atoms with Crippen LogP contribution in [-0.4, -0.2) is 58.1 Å². The second-order valence-corrected chi connectivity index (χ2v) is 8.65. The van der Waals surface area contributed by atoms with E-state index in [1.807, 2.05) is 30.3 Å². The number of ether oxygens (including phenoxy) is 1. The molecule has 0 saturated heterocycles. The summed E-state index contributed by atoms with van der Waals surface area (Å²) in [4.78, 5) is 26.8. The van der Waals surface area contributed by atoms with E-state index in [9.17, 15) is 18.0 Å². The van der Waals surface area contributed by atoms with Crippen molar-refractivity contribution in [2.75, 3.05) is 31.3 Å². The van der Waals surface area contributed by atoms with Crippen molar-refractivity contribution in [3.8, 4) is 5.75 Å². The normalized spacial score (nSPS) is 12.0. The topological polar surface area (TPSA) is 96.0 Å². The number of likely N-dealkylation sites (N-methyl/N-ethyl adjacent to an activating group) is 1. The third-order valence-electron chi connectivity index (χ3n) is 4.64. The Morgan fingerprint density at radius 2 is 1.67 bits per heavy atom. The number of sulfonamides is 1. The monoisotopic (exact) mass is 433 g/mol. The molecule has 2 aromatic rings. The van der Waals surface area contributed by atoms with Crippen molar-refractivity contribution in [3.05, 3.63) is 60.2 Å². The molecule has 9 heteroatoms. The maximum atomic E-state index is 13.2. The summed E-state index contributed by atoms with van der Waals surface area (Å²) in [5, 5.41) is 2.53. The van der Waals surface area contributed by atoms with Gasteiger partial charge >= 0.3 is 0 Å². The fraction of sp³-hybridized carbons (Fsp3) is 0.333. The van der Waals surface area contributed by atoms with Crippen molar-refractivity contribution >= 4 is 27.5 Å². The zero-order valence-corrected chi connectivity index (χ0v) is 18.3. The molecule has 2 aromatic carbocycles. The number of anilines is 1. The molecule has 30 heavy (non-hydrogen) atoms. The van der Waals surface area contributed by atoms with E-state index in [2.05, 4.69) is 5.32 Å². The molecule has 8 nitrogen and oxygen atoms in total. The Kier molecular flexibility index (Phi) is 7.82. The highest BCUT2D eigenvalue weighted by Crippen LogP contribution is 2.29. The van der Waals surface area contributed by atoms with Crippen LogP contribution >= 0.6 is 0 Å². The first-order valence-electron chi connectivity index (χ1n) is 9.34. The van der Waals surface area contributed by atoms with E-state index < -0.39 is 28.5 Å². The van der Waals surface area contributed by atoms with Crippen LogP contribution in [-0.2, 0) is 26.2 Å². The first-order chi connectivity index (χ1) is 14.2. The van der Waals surface area contributed by atoms with Crippen LogP contribution in [0.15, 0.2) is 54.6 Å². The lowest BCUT2D eigenvalue weighted by atomic mass is 10.1.